The Kier molecular flexibility index (Phi) is 17.5. The Labute approximate surface area is 276 Å². The van der Waals surface area contributed by atoms with E-state index >= 15 is 0 Å². The lowest BCUT2D eigenvalue weighted by molar-refractivity contribution is -0.139. The fraction of sp³-hybridized carbons (Fsp3) is 0.432. The molecular weight excluding hydrogens is 610 g/mol. The van der Waals surface area contributed by atoms with E-state index in [9.17, 15) is 13.6 Å². The number of unbranched alkanes of at least 4 members (excludes halogenated alkanes) is 3. The number of rotatable bonds is 24. The second-order valence-corrected chi connectivity index (χ2v) is 10.7. The molecule has 0 aliphatic rings. The molecule has 3 aromatic rings. The van der Waals surface area contributed by atoms with Gasteiger partial charge in [0.15, 0.2) is 11.6 Å². The van der Waals surface area contributed by atoms with Gasteiger partial charge in [-0.15, -0.1) is 0 Å². The molecule has 0 amide bonds. The van der Waals surface area contributed by atoms with Crippen LogP contribution < -0.4 is 9.47 Å². The largest absolute Gasteiger partial charge is 0.494 e. The average Bonchev–Trinajstić information content (AvgIpc) is 3.08. The SMILES string of the molecule is C=C(C)C(=O)OCCCCCCOc1ccc(-c2ccc(-c3ccc(OCCOCCOCCOCCOC)c(F)c3F)cc2)cc1. The molecule has 0 spiro atoms. The summed E-state index contributed by atoms with van der Waals surface area (Å²) in [7, 11) is 1.61. The molecule has 3 rings (SSSR count). The number of methoxy groups -OCH3 is 1. The molecule has 0 atom stereocenters. The van der Waals surface area contributed by atoms with Crippen LogP contribution in [0.5, 0.6) is 11.5 Å². The van der Waals surface area contributed by atoms with E-state index in [0.717, 1.165) is 42.6 Å². The van der Waals surface area contributed by atoms with E-state index in [-0.39, 0.29) is 30.5 Å². The van der Waals surface area contributed by atoms with Crippen molar-refractivity contribution in [2.75, 3.05) is 73.2 Å². The summed E-state index contributed by atoms with van der Waals surface area (Å²) in [4.78, 5) is 11.4. The third kappa shape index (κ3) is 13.8. The molecule has 0 saturated carbocycles. The van der Waals surface area contributed by atoms with Crippen LogP contribution in [0.3, 0.4) is 0 Å². The van der Waals surface area contributed by atoms with E-state index in [1.54, 1.807) is 26.2 Å². The second-order valence-electron chi connectivity index (χ2n) is 10.7. The summed E-state index contributed by atoms with van der Waals surface area (Å²) >= 11 is 0. The van der Waals surface area contributed by atoms with Gasteiger partial charge in [-0.05, 0) is 73.6 Å². The number of halogens is 2. The van der Waals surface area contributed by atoms with Gasteiger partial charge in [0.1, 0.15) is 12.4 Å². The molecule has 0 aliphatic carbocycles. The molecule has 3 aromatic carbocycles. The molecule has 10 heteroatoms. The van der Waals surface area contributed by atoms with Crippen molar-refractivity contribution in [3.63, 3.8) is 0 Å². The highest BCUT2D eigenvalue weighted by Gasteiger charge is 2.16. The molecule has 0 bridgehead atoms. The highest BCUT2D eigenvalue weighted by Crippen LogP contribution is 2.32. The van der Waals surface area contributed by atoms with Crippen LogP contribution in [0.2, 0.25) is 0 Å². The highest BCUT2D eigenvalue weighted by atomic mass is 19.2. The fourth-order valence-electron chi connectivity index (χ4n) is 4.38. The Morgan fingerprint density at radius 3 is 1.72 bits per heavy atom. The van der Waals surface area contributed by atoms with E-state index in [4.69, 9.17) is 33.2 Å². The maximum atomic E-state index is 15.0. The molecule has 47 heavy (non-hydrogen) atoms. The summed E-state index contributed by atoms with van der Waals surface area (Å²) in [6, 6.07) is 18.0. The van der Waals surface area contributed by atoms with Gasteiger partial charge in [0.05, 0.1) is 59.5 Å². The number of benzene rings is 3. The minimum absolute atomic E-state index is 0.0741. The summed E-state index contributed by atoms with van der Waals surface area (Å²) in [6.07, 6.45) is 3.65. The zero-order valence-corrected chi connectivity index (χ0v) is 27.4. The van der Waals surface area contributed by atoms with Gasteiger partial charge < -0.3 is 33.2 Å². The molecule has 0 fully saturated rings. The van der Waals surface area contributed by atoms with Gasteiger partial charge in [0.2, 0.25) is 5.82 Å². The van der Waals surface area contributed by atoms with Crippen LogP contribution in [0.15, 0.2) is 72.8 Å². The molecule has 0 aliphatic heterocycles. The van der Waals surface area contributed by atoms with Gasteiger partial charge >= 0.3 is 5.97 Å². The van der Waals surface area contributed by atoms with Gasteiger partial charge in [-0.2, -0.15) is 4.39 Å². The molecule has 256 valence electrons. The molecule has 0 radical (unpaired) electrons. The number of hydrogen-bond acceptors (Lipinski definition) is 8. The Hall–Kier alpha value is -3.83. The summed E-state index contributed by atoms with van der Waals surface area (Å²) < 4.78 is 67.1. The van der Waals surface area contributed by atoms with Crippen molar-refractivity contribution >= 4 is 5.97 Å². The average molecular weight is 657 g/mol. The molecule has 0 unspecified atom stereocenters. The van der Waals surface area contributed by atoms with Crippen LogP contribution in [0.4, 0.5) is 8.78 Å². The maximum Gasteiger partial charge on any atom is 0.333 e. The van der Waals surface area contributed by atoms with Gasteiger partial charge in [-0.3, -0.25) is 0 Å². The molecule has 8 nitrogen and oxygen atoms in total. The Morgan fingerprint density at radius 1 is 0.596 bits per heavy atom. The Morgan fingerprint density at radius 2 is 1.13 bits per heavy atom. The van der Waals surface area contributed by atoms with Crippen LogP contribution in [-0.2, 0) is 28.5 Å². The van der Waals surface area contributed by atoms with Crippen molar-refractivity contribution in [1.29, 1.82) is 0 Å². The zero-order valence-electron chi connectivity index (χ0n) is 27.4. The topological polar surface area (TPSA) is 81.7 Å². The predicted molar refractivity (Wildman–Crippen MR) is 177 cm³/mol. The molecular formula is C37H46F2O8. The van der Waals surface area contributed by atoms with Gasteiger partial charge in [0.25, 0.3) is 0 Å². The third-order valence-electron chi connectivity index (χ3n) is 6.98. The summed E-state index contributed by atoms with van der Waals surface area (Å²) in [5.41, 5.74) is 3.03. The summed E-state index contributed by atoms with van der Waals surface area (Å²) in [5, 5.41) is 0. The first-order valence-electron chi connectivity index (χ1n) is 15.9. The van der Waals surface area contributed by atoms with E-state index in [1.807, 2.05) is 36.4 Å². The first-order valence-corrected chi connectivity index (χ1v) is 15.9. The van der Waals surface area contributed by atoms with Gasteiger partial charge in [-0.1, -0.05) is 43.0 Å². The minimum atomic E-state index is -1.04. The zero-order chi connectivity index (χ0) is 33.7. The number of esters is 1. The molecule has 0 saturated heterocycles. The van der Waals surface area contributed by atoms with Crippen molar-refractivity contribution in [3.05, 3.63) is 84.5 Å². The lowest BCUT2D eigenvalue weighted by Crippen LogP contribution is -2.14. The number of carbonyl (C=O) groups is 1. The van der Waals surface area contributed by atoms with E-state index < -0.39 is 11.6 Å². The van der Waals surface area contributed by atoms with Crippen molar-refractivity contribution in [3.8, 4) is 33.8 Å². The maximum absolute atomic E-state index is 15.0. The van der Waals surface area contributed by atoms with Crippen molar-refractivity contribution in [2.24, 2.45) is 0 Å². The number of ether oxygens (including phenoxy) is 7. The highest BCUT2D eigenvalue weighted by molar-refractivity contribution is 5.86. The lowest BCUT2D eigenvalue weighted by atomic mass is 9.99. The normalized spacial score (nSPS) is 11.0. The molecule has 0 N–H and O–H groups in total. The quantitative estimate of drug-likeness (QED) is 0.0560. The monoisotopic (exact) mass is 656 g/mol. The van der Waals surface area contributed by atoms with Crippen LogP contribution >= 0.6 is 0 Å². The first-order chi connectivity index (χ1) is 22.9. The van der Waals surface area contributed by atoms with Crippen LogP contribution in [0.25, 0.3) is 22.3 Å². The standard InChI is InChI=1S/C37H46F2O8/c1-28(2)37(40)47-19-7-5-4-6-18-45-32-14-12-30(13-15-32)29-8-10-31(11-9-29)33-16-17-34(36(39)35(33)38)46-27-26-44-25-24-43-23-22-42-21-20-41-3/h8-17H,1,4-7,18-27H2,2-3H3. The third-order valence-corrected chi connectivity index (χ3v) is 6.98. The molecule has 0 heterocycles. The molecule has 0 aromatic heterocycles. The minimum Gasteiger partial charge on any atom is -0.494 e. The van der Waals surface area contributed by atoms with Crippen LogP contribution in [-0.4, -0.2) is 79.1 Å². The Bertz CT molecular complexity index is 1350. The Balaban J connectivity index is 1.36. The van der Waals surface area contributed by atoms with Gasteiger partial charge in [-0.25, -0.2) is 9.18 Å². The van der Waals surface area contributed by atoms with Crippen molar-refractivity contribution in [1.82, 2.24) is 0 Å². The summed E-state index contributed by atoms with van der Waals surface area (Å²) in [5.74, 6) is -1.74. The number of carbonyl (C=O) groups excluding carboxylic acids is 1. The van der Waals surface area contributed by atoms with Crippen molar-refractivity contribution in [2.45, 2.75) is 32.6 Å². The predicted octanol–water partition coefficient (Wildman–Crippen LogP) is 7.43. The van der Waals surface area contributed by atoms with Crippen molar-refractivity contribution < 1.29 is 46.7 Å². The smallest absolute Gasteiger partial charge is 0.333 e. The van der Waals surface area contributed by atoms with Crippen LogP contribution in [0, 0.1) is 11.6 Å². The van der Waals surface area contributed by atoms with Gasteiger partial charge in [0, 0.05) is 18.2 Å². The van der Waals surface area contributed by atoms with E-state index in [2.05, 4.69) is 6.58 Å². The second kappa shape index (κ2) is 21.9. The fourth-order valence-corrected chi connectivity index (χ4v) is 4.38. The number of hydrogen-bond donors (Lipinski definition) is 0. The van der Waals surface area contributed by atoms with E-state index in [1.165, 1.54) is 12.1 Å². The lowest BCUT2D eigenvalue weighted by Gasteiger charge is -2.12. The first kappa shape index (κ1) is 37.6. The van der Waals surface area contributed by atoms with Crippen LogP contribution in [0.1, 0.15) is 32.6 Å². The van der Waals surface area contributed by atoms with E-state index in [0.29, 0.717) is 64.0 Å². The summed E-state index contributed by atoms with van der Waals surface area (Å²) in [6.45, 7) is 9.23.